The van der Waals surface area contributed by atoms with Crippen LogP contribution in [-0.4, -0.2) is 9.13 Å². The summed E-state index contributed by atoms with van der Waals surface area (Å²) in [5.41, 5.74) is 10.9. The molecule has 0 fully saturated rings. The third kappa shape index (κ3) is 3.65. The van der Waals surface area contributed by atoms with Gasteiger partial charge in [-0.1, -0.05) is 124 Å². The summed E-state index contributed by atoms with van der Waals surface area (Å²) in [6.45, 7) is 6.95. The Hall–Kier alpha value is -5.08. The van der Waals surface area contributed by atoms with Crippen molar-refractivity contribution >= 4 is 43.6 Å². The highest BCUT2D eigenvalue weighted by atomic mass is 15.0. The molecule has 6 aromatic carbocycles. The van der Waals surface area contributed by atoms with Crippen LogP contribution in [-0.2, 0) is 5.41 Å². The molecule has 2 heteroatoms. The van der Waals surface area contributed by atoms with Gasteiger partial charge in [0.25, 0.3) is 0 Å². The van der Waals surface area contributed by atoms with Crippen molar-refractivity contribution in [1.29, 1.82) is 0 Å². The van der Waals surface area contributed by atoms with E-state index in [0.717, 1.165) is 0 Å². The number of nitrogens with zero attached hydrogens (tertiary/aromatic N) is 2. The molecule has 0 aliphatic carbocycles. The van der Waals surface area contributed by atoms with Crippen molar-refractivity contribution < 1.29 is 0 Å². The van der Waals surface area contributed by atoms with Gasteiger partial charge in [0.2, 0.25) is 0 Å². The predicted molar refractivity (Wildman–Crippen MR) is 179 cm³/mol. The lowest BCUT2D eigenvalue weighted by Crippen LogP contribution is -2.14. The highest BCUT2D eigenvalue weighted by Gasteiger charge is 2.25. The number of rotatable bonds is 3. The maximum atomic E-state index is 2.49. The summed E-state index contributed by atoms with van der Waals surface area (Å²) in [4.78, 5) is 0. The van der Waals surface area contributed by atoms with E-state index in [-0.39, 0.29) is 5.41 Å². The quantitative estimate of drug-likeness (QED) is 0.211. The van der Waals surface area contributed by atoms with Gasteiger partial charge in [0, 0.05) is 27.1 Å². The monoisotopic (exact) mass is 540 g/mol. The van der Waals surface area contributed by atoms with E-state index in [1.807, 2.05) is 0 Å². The molecule has 0 aliphatic heterocycles. The molecule has 0 amide bonds. The van der Waals surface area contributed by atoms with E-state index in [2.05, 4.69) is 169 Å². The molecule has 0 N–H and O–H groups in total. The van der Waals surface area contributed by atoms with Gasteiger partial charge in [-0.25, -0.2) is 0 Å². The maximum Gasteiger partial charge on any atom is 0.0564 e. The Morgan fingerprint density at radius 3 is 1.10 bits per heavy atom. The highest BCUT2D eigenvalue weighted by Crippen LogP contribution is 2.44. The summed E-state index contributed by atoms with van der Waals surface area (Å²) in [5.74, 6) is 0. The highest BCUT2D eigenvalue weighted by molar-refractivity contribution is 6.12. The Balaban J connectivity index is 1.62. The fourth-order valence-electron chi connectivity index (χ4n) is 6.66. The molecule has 0 aliphatic rings. The topological polar surface area (TPSA) is 9.86 Å². The second kappa shape index (κ2) is 9.22. The van der Waals surface area contributed by atoms with Crippen LogP contribution in [0.3, 0.4) is 0 Å². The largest absolute Gasteiger partial charge is 0.309 e. The molecular weight excluding hydrogens is 508 g/mol. The van der Waals surface area contributed by atoms with Gasteiger partial charge in [0.15, 0.2) is 0 Å². The normalized spacial score (nSPS) is 12.2. The van der Waals surface area contributed by atoms with Crippen molar-refractivity contribution in [3.63, 3.8) is 0 Å². The van der Waals surface area contributed by atoms with Crippen molar-refractivity contribution in [3.8, 4) is 22.5 Å². The lowest BCUT2D eigenvalue weighted by molar-refractivity contribution is 0.589. The average molecular weight is 541 g/mol. The first kappa shape index (κ1) is 24.7. The number of fused-ring (bicyclic) bond motifs is 6. The van der Waals surface area contributed by atoms with Gasteiger partial charge in [0.05, 0.1) is 33.4 Å². The molecule has 0 radical (unpaired) electrons. The predicted octanol–water partition coefficient (Wildman–Crippen LogP) is 10.8. The van der Waals surface area contributed by atoms with E-state index in [1.54, 1.807) is 0 Å². The molecule has 0 bridgehead atoms. The number of para-hydroxylation sites is 4. The third-order valence-electron chi connectivity index (χ3n) is 8.67. The molecule has 0 spiro atoms. The van der Waals surface area contributed by atoms with Gasteiger partial charge in [-0.15, -0.1) is 0 Å². The van der Waals surface area contributed by atoms with E-state index in [4.69, 9.17) is 0 Å². The Morgan fingerprint density at radius 1 is 0.405 bits per heavy atom. The minimum absolute atomic E-state index is 0.0593. The van der Waals surface area contributed by atoms with Crippen molar-refractivity contribution in [2.24, 2.45) is 0 Å². The zero-order valence-electron chi connectivity index (χ0n) is 24.2. The minimum atomic E-state index is -0.0593. The van der Waals surface area contributed by atoms with E-state index in [9.17, 15) is 0 Å². The second-order valence-electron chi connectivity index (χ2n) is 12.2. The van der Waals surface area contributed by atoms with Crippen LogP contribution in [0.1, 0.15) is 26.3 Å². The van der Waals surface area contributed by atoms with E-state index in [1.165, 1.54) is 71.7 Å². The summed E-state index contributed by atoms with van der Waals surface area (Å²) in [5, 5.41) is 5.08. The fourth-order valence-corrected chi connectivity index (χ4v) is 6.66. The van der Waals surface area contributed by atoms with Crippen molar-refractivity contribution in [2.75, 3.05) is 0 Å². The summed E-state index contributed by atoms with van der Waals surface area (Å²) in [6, 6.07) is 51.0. The maximum absolute atomic E-state index is 2.49. The first-order valence-corrected chi connectivity index (χ1v) is 14.7. The molecule has 2 aromatic heterocycles. The van der Waals surface area contributed by atoms with Gasteiger partial charge in [-0.3, -0.25) is 0 Å². The molecule has 42 heavy (non-hydrogen) atoms. The van der Waals surface area contributed by atoms with Crippen LogP contribution in [0.2, 0.25) is 0 Å². The molecule has 0 saturated carbocycles. The van der Waals surface area contributed by atoms with Crippen molar-refractivity contribution in [3.05, 3.63) is 145 Å². The molecule has 8 aromatic rings. The number of aromatic nitrogens is 2. The smallest absolute Gasteiger partial charge is 0.0564 e. The SMILES string of the molecule is CC(C)(C)c1cc(-n2c3ccccc3c3ccccc32)c(-c2ccccc2)c(-n2c3ccccc3c3ccccc32)c1. The van der Waals surface area contributed by atoms with Gasteiger partial charge in [0.1, 0.15) is 0 Å². The Labute approximate surface area is 246 Å². The number of hydrogen-bond acceptors (Lipinski definition) is 0. The number of hydrogen-bond donors (Lipinski definition) is 0. The minimum Gasteiger partial charge on any atom is -0.309 e. The van der Waals surface area contributed by atoms with Gasteiger partial charge < -0.3 is 9.13 Å². The molecule has 2 heterocycles. The van der Waals surface area contributed by atoms with Crippen molar-refractivity contribution in [2.45, 2.75) is 26.2 Å². The molecule has 8 rings (SSSR count). The third-order valence-corrected chi connectivity index (χ3v) is 8.67. The van der Waals surface area contributed by atoms with Crippen LogP contribution in [0, 0.1) is 0 Å². The molecule has 2 nitrogen and oxygen atoms in total. The number of benzene rings is 6. The van der Waals surface area contributed by atoms with Crippen LogP contribution in [0.4, 0.5) is 0 Å². The lowest BCUT2D eigenvalue weighted by Gasteiger charge is -2.26. The fraction of sp³-hybridized carbons (Fsp3) is 0.100. The lowest BCUT2D eigenvalue weighted by atomic mass is 9.84. The van der Waals surface area contributed by atoms with Gasteiger partial charge in [-0.2, -0.15) is 0 Å². The zero-order valence-corrected chi connectivity index (χ0v) is 24.2. The standard InChI is InChI=1S/C40H32N2/c1-40(2,3)28-25-37(41-33-21-11-7-17-29(33)30-18-8-12-22-34(30)41)39(27-15-5-4-6-16-27)38(26-28)42-35-23-13-9-19-31(35)32-20-10-14-24-36(32)42/h4-26H,1-3H3. The summed E-state index contributed by atoms with van der Waals surface area (Å²) >= 11 is 0. The second-order valence-corrected chi connectivity index (χ2v) is 12.2. The summed E-state index contributed by atoms with van der Waals surface area (Å²) in [7, 11) is 0. The Bertz CT molecular complexity index is 2030. The van der Waals surface area contributed by atoms with Crippen LogP contribution < -0.4 is 0 Å². The van der Waals surface area contributed by atoms with Crippen LogP contribution in [0.15, 0.2) is 140 Å². The molecule has 0 unspecified atom stereocenters. The van der Waals surface area contributed by atoms with Crippen LogP contribution in [0.25, 0.3) is 66.1 Å². The van der Waals surface area contributed by atoms with E-state index >= 15 is 0 Å². The Morgan fingerprint density at radius 2 is 0.738 bits per heavy atom. The van der Waals surface area contributed by atoms with Gasteiger partial charge >= 0.3 is 0 Å². The first-order chi connectivity index (χ1) is 20.5. The average Bonchev–Trinajstić information content (AvgIpc) is 3.53. The van der Waals surface area contributed by atoms with Gasteiger partial charge in [-0.05, 0) is 52.9 Å². The van der Waals surface area contributed by atoms with E-state index < -0.39 is 0 Å². The molecule has 0 saturated heterocycles. The molecule has 0 atom stereocenters. The zero-order chi connectivity index (χ0) is 28.4. The summed E-state index contributed by atoms with van der Waals surface area (Å²) in [6.07, 6.45) is 0. The summed E-state index contributed by atoms with van der Waals surface area (Å²) < 4.78 is 4.97. The van der Waals surface area contributed by atoms with Crippen LogP contribution in [0.5, 0.6) is 0 Å². The van der Waals surface area contributed by atoms with Crippen molar-refractivity contribution in [1.82, 2.24) is 9.13 Å². The van der Waals surface area contributed by atoms with E-state index in [0.29, 0.717) is 0 Å². The molecular formula is C40H32N2. The Kier molecular flexibility index (Phi) is 5.42. The first-order valence-electron chi connectivity index (χ1n) is 14.7. The van der Waals surface area contributed by atoms with Crippen LogP contribution >= 0.6 is 0 Å². The molecule has 202 valence electrons.